The second-order valence-electron chi connectivity index (χ2n) is 5.83. The van der Waals surface area contributed by atoms with Gasteiger partial charge >= 0.3 is 0 Å². The summed E-state index contributed by atoms with van der Waals surface area (Å²) in [6, 6.07) is 10.9. The molecule has 4 heteroatoms. The minimum atomic E-state index is 0.649. The first-order chi connectivity index (χ1) is 10.8. The Bertz CT molecular complexity index is 597. The van der Waals surface area contributed by atoms with Gasteiger partial charge in [-0.25, -0.2) is 0 Å². The van der Waals surface area contributed by atoms with Gasteiger partial charge < -0.3 is 9.64 Å². The first-order valence-electron chi connectivity index (χ1n) is 7.78. The summed E-state index contributed by atoms with van der Waals surface area (Å²) in [5.74, 6) is 2.83. The van der Waals surface area contributed by atoms with Crippen molar-refractivity contribution in [2.45, 2.75) is 23.7 Å². The molecule has 22 heavy (non-hydrogen) atoms. The summed E-state index contributed by atoms with van der Waals surface area (Å²) < 4.78 is 5.35. The van der Waals surface area contributed by atoms with Crippen LogP contribution < -0.4 is 4.74 Å². The zero-order valence-corrected chi connectivity index (χ0v) is 14.9. The Kier molecular flexibility index (Phi) is 5.45. The second kappa shape index (κ2) is 7.53. The van der Waals surface area contributed by atoms with Crippen LogP contribution in [-0.2, 0) is 6.42 Å². The molecule has 1 aliphatic heterocycles. The van der Waals surface area contributed by atoms with Gasteiger partial charge in [0.05, 0.1) is 7.11 Å². The minimum Gasteiger partial charge on any atom is -0.497 e. The number of hydrogen-bond acceptors (Lipinski definition) is 4. The summed E-state index contributed by atoms with van der Waals surface area (Å²) in [5, 5.41) is 2.16. The highest BCUT2D eigenvalue weighted by Crippen LogP contribution is 2.39. The van der Waals surface area contributed by atoms with Gasteiger partial charge in [0, 0.05) is 22.9 Å². The van der Waals surface area contributed by atoms with Crippen LogP contribution in [0.3, 0.4) is 0 Å². The number of thiophene rings is 1. The number of thioether (sulfide) groups is 1. The van der Waals surface area contributed by atoms with Crippen molar-refractivity contribution in [3.63, 3.8) is 0 Å². The molecule has 1 unspecified atom stereocenters. The molecule has 1 aromatic heterocycles. The van der Waals surface area contributed by atoms with E-state index in [-0.39, 0.29) is 0 Å². The van der Waals surface area contributed by atoms with Crippen molar-refractivity contribution in [3.8, 4) is 5.75 Å². The van der Waals surface area contributed by atoms with E-state index in [1.165, 1.54) is 27.5 Å². The lowest BCUT2D eigenvalue weighted by molar-refractivity contribution is 0.309. The van der Waals surface area contributed by atoms with Gasteiger partial charge in [-0.3, -0.25) is 0 Å². The summed E-state index contributed by atoms with van der Waals surface area (Å²) in [6.07, 6.45) is 2.43. The second-order valence-corrected chi connectivity index (χ2v) is 8.00. The van der Waals surface area contributed by atoms with Crippen LogP contribution in [0.2, 0.25) is 0 Å². The lowest BCUT2D eigenvalue weighted by Gasteiger charge is -2.29. The van der Waals surface area contributed by atoms with Crippen molar-refractivity contribution >= 4 is 23.1 Å². The summed E-state index contributed by atoms with van der Waals surface area (Å²) >= 11 is 3.82. The third-order valence-corrected chi connectivity index (χ3v) is 6.28. The Balaban J connectivity index is 1.61. The topological polar surface area (TPSA) is 12.5 Å². The van der Waals surface area contributed by atoms with Gasteiger partial charge in [-0.15, -0.1) is 23.1 Å². The van der Waals surface area contributed by atoms with E-state index in [1.54, 1.807) is 7.11 Å². The van der Waals surface area contributed by atoms with E-state index < -0.39 is 0 Å². The Morgan fingerprint density at radius 3 is 3.00 bits per heavy atom. The molecule has 0 spiro atoms. The van der Waals surface area contributed by atoms with Gasteiger partial charge in [-0.1, -0.05) is 12.1 Å². The van der Waals surface area contributed by atoms with Crippen LogP contribution >= 0.6 is 23.1 Å². The van der Waals surface area contributed by atoms with Crippen molar-refractivity contribution in [2.24, 2.45) is 0 Å². The van der Waals surface area contributed by atoms with E-state index in [0.717, 1.165) is 25.3 Å². The molecule has 0 saturated heterocycles. The number of likely N-dealkylation sites (N-methyl/N-ethyl adjacent to an activating group) is 1. The van der Waals surface area contributed by atoms with E-state index in [0.29, 0.717) is 5.92 Å². The third kappa shape index (κ3) is 3.86. The van der Waals surface area contributed by atoms with E-state index in [2.05, 4.69) is 47.7 Å². The molecule has 1 aromatic carbocycles. The molecule has 0 radical (unpaired) electrons. The normalized spacial score (nSPS) is 17.5. The van der Waals surface area contributed by atoms with Crippen LogP contribution in [0.25, 0.3) is 0 Å². The number of methoxy groups -OCH3 is 1. The van der Waals surface area contributed by atoms with Crippen LogP contribution in [0, 0.1) is 0 Å². The maximum Gasteiger partial charge on any atom is 0.119 e. The Morgan fingerprint density at radius 1 is 1.32 bits per heavy atom. The fourth-order valence-corrected chi connectivity index (χ4v) is 4.90. The smallest absolute Gasteiger partial charge is 0.119 e. The van der Waals surface area contributed by atoms with Crippen molar-refractivity contribution < 1.29 is 4.74 Å². The van der Waals surface area contributed by atoms with Crippen molar-refractivity contribution in [1.29, 1.82) is 0 Å². The molecule has 0 N–H and O–H groups in total. The minimum absolute atomic E-state index is 0.649. The molecule has 1 atom stereocenters. The molecular weight excluding hydrogens is 310 g/mol. The van der Waals surface area contributed by atoms with Gasteiger partial charge in [-0.2, -0.15) is 0 Å². The highest BCUT2D eigenvalue weighted by atomic mass is 32.2. The van der Waals surface area contributed by atoms with Crippen molar-refractivity contribution in [1.82, 2.24) is 4.90 Å². The number of fused-ring (bicyclic) bond motifs is 1. The predicted molar refractivity (Wildman–Crippen MR) is 96.6 cm³/mol. The molecule has 3 rings (SSSR count). The molecule has 0 saturated carbocycles. The van der Waals surface area contributed by atoms with Crippen molar-refractivity contribution in [3.05, 3.63) is 46.2 Å². The van der Waals surface area contributed by atoms with Crippen LogP contribution in [0.1, 0.15) is 22.8 Å². The SMILES string of the molecule is COc1ccc2c(c1)SCCC2CN(C)CCc1cccs1. The highest BCUT2D eigenvalue weighted by Gasteiger charge is 2.22. The summed E-state index contributed by atoms with van der Waals surface area (Å²) in [6.45, 7) is 2.28. The van der Waals surface area contributed by atoms with Gasteiger partial charge in [0.15, 0.2) is 0 Å². The standard InChI is InChI=1S/C18H23NOS2/c1-19(9-7-16-4-3-10-21-16)13-14-8-11-22-18-12-15(20-2)5-6-17(14)18/h3-6,10,12,14H,7-9,11,13H2,1-2H3. The molecule has 0 amide bonds. The molecule has 2 heterocycles. The first-order valence-corrected chi connectivity index (χ1v) is 9.64. The zero-order chi connectivity index (χ0) is 15.4. The maximum atomic E-state index is 5.35. The van der Waals surface area contributed by atoms with E-state index in [9.17, 15) is 0 Å². The third-order valence-electron chi connectivity index (χ3n) is 4.24. The van der Waals surface area contributed by atoms with Gasteiger partial charge in [0.1, 0.15) is 5.75 Å². The number of rotatable bonds is 6. The predicted octanol–water partition coefficient (Wildman–Crippen LogP) is 4.51. The largest absolute Gasteiger partial charge is 0.497 e. The Hall–Kier alpha value is -0.970. The van der Waals surface area contributed by atoms with Crippen LogP contribution in [0.5, 0.6) is 5.75 Å². The molecule has 0 aliphatic carbocycles. The molecule has 118 valence electrons. The van der Waals surface area contributed by atoms with Gasteiger partial charge in [0.25, 0.3) is 0 Å². The summed E-state index contributed by atoms with van der Waals surface area (Å²) in [4.78, 5) is 5.37. The number of nitrogens with zero attached hydrogens (tertiary/aromatic N) is 1. The maximum absolute atomic E-state index is 5.35. The molecule has 0 bridgehead atoms. The van der Waals surface area contributed by atoms with Crippen molar-refractivity contribution in [2.75, 3.05) is 33.0 Å². The quantitative estimate of drug-likeness (QED) is 0.772. The zero-order valence-electron chi connectivity index (χ0n) is 13.2. The van der Waals surface area contributed by atoms with Crippen LogP contribution in [-0.4, -0.2) is 37.9 Å². The van der Waals surface area contributed by atoms with Crippen LogP contribution in [0.15, 0.2) is 40.6 Å². The van der Waals surface area contributed by atoms with Crippen LogP contribution in [0.4, 0.5) is 0 Å². The molecule has 2 nitrogen and oxygen atoms in total. The molecule has 1 aliphatic rings. The molecule has 0 fully saturated rings. The highest BCUT2D eigenvalue weighted by molar-refractivity contribution is 7.99. The fraction of sp³-hybridized carbons (Fsp3) is 0.444. The summed E-state index contributed by atoms with van der Waals surface area (Å²) in [5.41, 5.74) is 1.50. The van der Waals surface area contributed by atoms with Gasteiger partial charge in [0.2, 0.25) is 0 Å². The Labute approximate surface area is 141 Å². The number of hydrogen-bond donors (Lipinski definition) is 0. The monoisotopic (exact) mass is 333 g/mol. The van der Waals surface area contributed by atoms with Gasteiger partial charge in [-0.05, 0) is 60.7 Å². The average Bonchev–Trinajstić information content (AvgIpc) is 3.06. The summed E-state index contributed by atoms with van der Waals surface area (Å²) in [7, 11) is 3.99. The van der Waals surface area contributed by atoms with E-state index >= 15 is 0 Å². The fourth-order valence-electron chi connectivity index (χ4n) is 2.98. The molecular formula is C18H23NOS2. The average molecular weight is 334 g/mol. The van der Waals surface area contributed by atoms with E-state index in [1.807, 2.05) is 23.1 Å². The first kappa shape index (κ1) is 15.9. The van der Waals surface area contributed by atoms with E-state index in [4.69, 9.17) is 4.74 Å². The number of benzene rings is 1. The lowest BCUT2D eigenvalue weighted by Crippen LogP contribution is -2.28. The lowest BCUT2D eigenvalue weighted by atomic mass is 9.95. The Morgan fingerprint density at radius 2 is 2.23 bits per heavy atom. The molecule has 2 aromatic rings. The number of ether oxygens (including phenoxy) is 1.